The minimum Gasteiger partial charge on any atom is -0.273 e. The fourth-order valence-electron chi connectivity index (χ4n) is 4.08. The molecule has 2 aliphatic rings. The van der Waals surface area contributed by atoms with E-state index in [2.05, 4.69) is 0 Å². The van der Waals surface area contributed by atoms with Gasteiger partial charge in [-0.25, -0.2) is 14.4 Å². The predicted octanol–water partition coefficient (Wildman–Crippen LogP) is 4.53. The van der Waals surface area contributed by atoms with Gasteiger partial charge in [-0.05, 0) is 42.0 Å². The first-order valence-electron chi connectivity index (χ1n) is 9.45. The number of hydrogen-bond acceptors (Lipinski definition) is 4. The summed E-state index contributed by atoms with van der Waals surface area (Å²) in [5.74, 6) is -2.53. The summed E-state index contributed by atoms with van der Waals surface area (Å²) >= 11 is 6.04. The smallest absolute Gasteiger partial charge is 0.266 e. The average Bonchev–Trinajstić information content (AvgIpc) is 3.26. The molecule has 0 N–H and O–H groups in total. The van der Waals surface area contributed by atoms with Crippen molar-refractivity contribution in [3.05, 3.63) is 95.3 Å². The first-order valence-corrected chi connectivity index (χ1v) is 9.83. The third-order valence-electron chi connectivity index (χ3n) is 5.43. The van der Waals surface area contributed by atoms with Gasteiger partial charge in [-0.3, -0.25) is 14.4 Å². The van der Waals surface area contributed by atoms with Gasteiger partial charge in [-0.2, -0.15) is 0 Å². The molecule has 7 heteroatoms. The molecule has 5 rings (SSSR count). The van der Waals surface area contributed by atoms with Crippen LogP contribution in [0.2, 0.25) is 5.02 Å². The SMILES string of the molecule is O=C1C2ON(c3ccccc3)C(c3ccc(Cl)cc3)C2C(=O)N1c1ccccc1F. The lowest BCUT2D eigenvalue weighted by molar-refractivity contribution is -0.126. The molecule has 0 bridgehead atoms. The number of anilines is 2. The molecule has 0 radical (unpaired) electrons. The standard InChI is InChI=1S/C23H16ClFN2O3/c24-15-12-10-14(11-13-15)20-19-21(30-27(20)16-6-2-1-3-7-16)23(29)26(22(19)28)18-9-5-4-8-17(18)25/h1-13,19-21H. The summed E-state index contributed by atoms with van der Waals surface area (Å²) in [7, 11) is 0. The lowest BCUT2D eigenvalue weighted by Crippen LogP contribution is -2.37. The number of rotatable bonds is 3. The fraction of sp³-hybridized carbons (Fsp3) is 0.130. The van der Waals surface area contributed by atoms with E-state index in [1.807, 2.05) is 30.3 Å². The molecule has 2 fully saturated rings. The summed E-state index contributed by atoms with van der Waals surface area (Å²) in [5.41, 5.74) is 1.42. The number of amides is 2. The molecule has 0 aliphatic carbocycles. The monoisotopic (exact) mass is 422 g/mol. The Morgan fingerprint density at radius 1 is 0.833 bits per heavy atom. The predicted molar refractivity (Wildman–Crippen MR) is 110 cm³/mol. The Morgan fingerprint density at radius 2 is 1.50 bits per heavy atom. The lowest BCUT2D eigenvalue weighted by atomic mass is 9.90. The largest absolute Gasteiger partial charge is 0.273 e. The van der Waals surface area contributed by atoms with Crippen molar-refractivity contribution in [3.8, 4) is 0 Å². The number of imide groups is 1. The van der Waals surface area contributed by atoms with Gasteiger partial charge < -0.3 is 0 Å². The quantitative estimate of drug-likeness (QED) is 0.582. The van der Waals surface area contributed by atoms with Gasteiger partial charge in [0.15, 0.2) is 6.10 Å². The topological polar surface area (TPSA) is 49.9 Å². The van der Waals surface area contributed by atoms with Gasteiger partial charge in [-0.1, -0.05) is 54.1 Å². The van der Waals surface area contributed by atoms with Gasteiger partial charge >= 0.3 is 0 Å². The highest BCUT2D eigenvalue weighted by Crippen LogP contribution is 2.47. The number of hydrogen-bond donors (Lipinski definition) is 0. The second-order valence-corrected chi connectivity index (χ2v) is 7.61. The van der Waals surface area contributed by atoms with E-state index in [9.17, 15) is 14.0 Å². The third-order valence-corrected chi connectivity index (χ3v) is 5.68. The van der Waals surface area contributed by atoms with Crippen molar-refractivity contribution in [2.24, 2.45) is 5.92 Å². The van der Waals surface area contributed by atoms with Crippen LogP contribution < -0.4 is 9.96 Å². The highest BCUT2D eigenvalue weighted by molar-refractivity contribution is 6.30. The fourth-order valence-corrected chi connectivity index (χ4v) is 4.21. The zero-order chi connectivity index (χ0) is 20.8. The molecule has 0 spiro atoms. The van der Waals surface area contributed by atoms with E-state index in [4.69, 9.17) is 16.4 Å². The van der Waals surface area contributed by atoms with E-state index in [1.54, 1.807) is 35.4 Å². The molecule has 2 heterocycles. The van der Waals surface area contributed by atoms with Gasteiger partial charge in [0.25, 0.3) is 5.91 Å². The highest BCUT2D eigenvalue weighted by Gasteiger charge is 2.60. The Kier molecular flexibility index (Phi) is 4.53. The number of para-hydroxylation sites is 2. The van der Waals surface area contributed by atoms with Crippen LogP contribution in [0, 0.1) is 11.7 Å². The first-order chi connectivity index (χ1) is 14.6. The number of nitrogens with zero attached hydrogens (tertiary/aromatic N) is 2. The van der Waals surface area contributed by atoms with Crippen LogP contribution in [0.15, 0.2) is 78.9 Å². The van der Waals surface area contributed by atoms with Crippen LogP contribution in [-0.2, 0) is 14.4 Å². The molecule has 2 saturated heterocycles. The molecule has 2 amide bonds. The number of hydroxylamine groups is 1. The van der Waals surface area contributed by atoms with Gasteiger partial charge in [-0.15, -0.1) is 0 Å². The summed E-state index contributed by atoms with van der Waals surface area (Å²) in [6, 6.07) is 21.5. The maximum absolute atomic E-state index is 14.4. The van der Waals surface area contributed by atoms with E-state index < -0.39 is 35.7 Å². The maximum atomic E-state index is 14.4. The molecule has 30 heavy (non-hydrogen) atoms. The van der Waals surface area contributed by atoms with Crippen LogP contribution >= 0.6 is 11.6 Å². The first kappa shape index (κ1) is 18.8. The van der Waals surface area contributed by atoms with Crippen LogP contribution in [0.3, 0.4) is 0 Å². The Hall–Kier alpha value is -3.22. The highest BCUT2D eigenvalue weighted by atomic mass is 35.5. The molecule has 5 nitrogen and oxygen atoms in total. The van der Waals surface area contributed by atoms with E-state index in [-0.39, 0.29) is 5.69 Å². The van der Waals surface area contributed by atoms with Crippen LogP contribution in [0.1, 0.15) is 11.6 Å². The van der Waals surface area contributed by atoms with E-state index in [0.29, 0.717) is 10.7 Å². The molecule has 3 atom stereocenters. The molecular formula is C23H16ClFN2O3. The molecule has 0 aromatic heterocycles. The minimum absolute atomic E-state index is 0.0633. The van der Waals surface area contributed by atoms with E-state index in [1.165, 1.54) is 18.2 Å². The van der Waals surface area contributed by atoms with Crippen LogP contribution in [0.4, 0.5) is 15.8 Å². The van der Waals surface area contributed by atoms with Crippen LogP contribution in [0.5, 0.6) is 0 Å². The van der Waals surface area contributed by atoms with Crippen molar-refractivity contribution in [1.29, 1.82) is 0 Å². The van der Waals surface area contributed by atoms with Gasteiger partial charge in [0.2, 0.25) is 5.91 Å². The maximum Gasteiger partial charge on any atom is 0.266 e. The number of carbonyl (C=O) groups excluding carboxylic acids is 2. The second-order valence-electron chi connectivity index (χ2n) is 7.17. The number of carbonyl (C=O) groups is 2. The zero-order valence-corrected chi connectivity index (χ0v) is 16.4. The van der Waals surface area contributed by atoms with Crippen molar-refractivity contribution < 1.29 is 18.8 Å². The normalized spacial score (nSPS) is 23.2. The number of fused-ring (bicyclic) bond motifs is 1. The molecule has 3 aromatic carbocycles. The summed E-state index contributed by atoms with van der Waals surface area (Å²) in [6.45, 7) is 0. The summed E-state index contributed by atoms with van der Waals surface area (Å²) < 4.78 is 14.4. The minimum atomic E-state index is -1.04. The average molecular weight is 423 g/mol. The van der Waals surface area contributed by atoms with Gasteiger partial charge in [0.05, 0.1) is 17.4 Å². The number of halogens is 2. The Bertz CT molecular complexity index is 1120. The van der Waals surface area contributed by atoms with Crippen molar-refractivity contribution in [2.75, 3.05) is 9.96 Å². The van der Waals surface area contributed by atoms with Crippen molar-refractivity contribution in [1.82, 2.24) is 0 Å². The van der Waals surface area contributed by atoms with Crippen molar-refractivity contribution >= 4 is 34.8 Å². The second kappa shape index (κ2) is 7.23. The lowest BCUT2D eigenvalue weighted by Gasteiger charge is -2.28. The number of benzene rings is 3. The Labute approximate surface area is 177 Å². The van der Waals surface area contributed by atoms with E-state index >= 15 is 0 Å². The summed E-state index contributed by atoms with van der Waals surface area (Å²) in [6.07, 6.45) is -1.04. The molecule has 3 unspecified atom stereocenters. The van der Waals surface area contributed by atoms with Gasteiger partial charge in [0.1, 0.15) is 11.7 Å². The van der Waals surface area contributed by atoms with Crippen LogP contribution in [-0.4, -0.2) is 17.9 Å². The molecule has 0 saturated carbocycles. The molecule has 3 aromatic rings. The van der Waals surface area contributed by atoms with E-state index in [0.717, 1.165) is 10.5 Å². The third kappa shape index (κ3) is 2.88. The van der Waals surface area contributed by atoms with Crippen LogP contribution in [0.25, 0.3) is 0 Å². The molecule has 2 aliphatic heterocycles. The van der Waals surface area contributed by atoms with Crippen molar-refractivity contribution in [3.63, 3.8) is 0 Å². The summed E-state index contributed by atoms with van der Waals surface area (Å²) in [5, 5.41) is 2.15. The van der Waals surface area contributed by atoms with Gasteiger partial charge in [0, 0.05) is 5.02 Å². The molecular weight excluding hydrogens is 407 g/mol. The Morgan fingerprint density at radius 3 is 2.20 bits per heavy atom. The molecule has 150 valence electrons. The summed E-state index contributed by atoms with van der Waals surface area (Å²) in [4.78, 5) is 33.4. The Balaban J connectivity index is 1.60. The van der Waals surface area contributed by atoms with Crippen molar-refractivity contribution in [2.45, 2.75) is 12.1 Å². The zero-order valence-electron chi connectivity index (χ0n) is 15.6.